The molecule has 0 amide bonds. The molecule has 0 unspecified atom stereocenters. The highest BCUT2D eigenvalue weighted by Gasteiger charge is 2.05. The zero-order chi connectivity index (χ0) is 12.3. The van der Waals surface area contributed by atoms with Crippen molar-refractivity contribution in [3.8, 4) is 11.1 Å². The third-order valence-electron chi connectivity index (χ3n) is 2.60. The largest absolute Gasteiger partial charge is 0.310 e. The summed E-state index contributed by atoms with van der Waals surface area (Å²) in [7, 11) is 0. The fraction of sp³-hybridized carbons (Fsp3) is 0.286. The number of benzene rings is 1. The lowest BCUT2D eigenvalue weighted by Gasteiger charge is -2.11. The molecule has 1 heterocycles. The average Bonchev–Trinajstić information content (AvgIpc) is 2.81. The van der Waals surface area contributed by atoms with Crippen LogP contribution in [0.5, 0.6) is 0 Å². The van der Waals surface area contributed by atoms with Crippen LogP contribution < -0.4 is 5.32 Å². The van der Waals surface area contributed by atoms with Crippen LogP contribution >= 0.6 is 22.9 Å². The van der Waals surface area contributed by atoms with Crippen LogP contribution in [0.1, 0.15) is 19.4 Å². The predicted octanol–water partition coefficient (Wildman–Crippen LogP) is 4.57. The van der Waals surface area contributed by atoms with Gasteiger partial charge in [-0.25, -0.2) is 0 Å². The molecule has 0 aliphatic rings. The second-order valence-electron chi connectivity index (χ2n) is 4.35. The summed E-state index contributed by atoms with van der Waals surface area (Å²) in [6.45, 7) is 5.09. The molecule has 0 bridgehead atoms. The van der Waals surface area contributed by atoms with Crippen molar-refractivity contribution in [2.24, 2.45) is 0 Å². The lowest BCUT2D eigenvalue weighted by molar-refractivity contribution is 0.589. The second-order valence-corrected chi connectivity index (χ2v) is 5.54. The van der Waals surface area contributed by atoms with E-state index in [0.29, 0.717) is 6.04 Å². The van der Waals surface area contributed by atoms with Crippen molar-refractivity contribution < 1.29 is 0 Å². The maximum atomic E-state index is 6.20. The van der Waals surface area contributed by atoms with E-state index in [-0.39, 0.29) is 0 Å². The summed E-state index contributed by atoms with van der Waals surface area (Å²) in [5.41, 5.74) is 3.65. The first-order chi connectivity index (χ1) is 8.16. The van der Waals surface area contributed by atoms with Crippen LogP contribution in [0.3, 0.4) is 0 Å². The molecule has 0 atom stereocenters. The van der Waals surface area contributed by atoms with Crippen molar-refractivity contribution in [2.45, 2.75) is 26.4 Å². The zero-order valence-electron chi connectivity index (χ0n) is 10.0. The molecular weight excluding hydrogens is 250 g/mol. The lowest BCUT2D eigenvalue weighted by atomic mass is 10.1. The molecule has 0 fully saturated rings. The van der Waals surface area contributed by atoms with Crippen molar-refractivity contribution in [1.82, 2.24) is 5.32 Å². The van der Waals surface area contributed by atoms with Gasteiger partial charge >= 0.3 is 0 Å². The molecule has 2 rings (SSSR count). The fourth-order valence-electron chi connectivity index (χ4n) is 1.63. The molecule has 0 aliphatic carbocycles. The van der Waals surface area contributed by atoms with Gasteiger partial charge < -0.3 is 5.32 Å². The highest BCUT2D eigenvalue weighted by molar-refractivity contribution is 7.08. The van der Waals surface area contributed by atoms with Crippen LogP contribution in [0, 0.1) is 0 Å². The summed E-state index contributed by atoms with van der Waals surface area (Å²) in [4.78, 5) is 0. The Bertz CT molecular complexity index is 477. The summed E-state index contributed by atoms with van der Waals surface area (Å²) in [6.07, 6.45) is 0. The van der Waals surface area contributed by atoms with E-state index in [4.69, 9.17) is 11.6 Å². The van der Waals surface area contributed by atoms with Gasteiger partial charge in [-0.2, -0.15) is 11.3 Å². The van der Waals surface area contributed by atoms with Gasteiger partial charge in [0.15, 0.2) is 0 Å². The van der Waals surface area contributed by atoms with E-state index < -0.39 is 0 Å². The summed E-state index contributed by atoms with van der Waals surface area (Å²) in [5, 5.41) is 8.47. The Kier molecular flexibility index (Phi) is 4.21. The standard InChI is InChI=1S/C14H16ClNS/c1-10(2)16-8-13-7-11(3-4-14(13)15)12-5-6-17-9-12/h3-7,9-10,16H,8H2,1-2H3. The van der Waals surface area contributed by atoms with Gasteiger partial charge in [-0.3, -0.25) is 0 Å². The minimum Gasteiger partial charge on any atom is -0.310 e. The number of hydrogen-bond acceptors (Lipinski definition) is 2. The minimum atomic E-state index is 0.468. The molecule has 1 aromatic carbocycles. The summed E-state index contributed by atoms with van der Waals surface area (Å²) in [6, 6.07) is 8.82. The Morgan fingerprint density at radius 3 is 2.71 bits per heavy atom. The number of hydrogen-bond donors (Lipinski definition) is 1. The highest BCUT2D eigenvalue weighted by atomic mass is 35.5. The summed E-state index contributed by atoms with van der Waals surface area (Å²) < 4.78 is 0. The van der Waals surface area contributed by atoms with Gasteiger partial charge in [0.25, 0.3) is 0 Å². The molecule has 3 heteroatoms. The molecule has 2 aromatic rings. The monoisotopic (exact) mass is 265 g/mol. The van der Waals surface area contributed by atoms with Crippen LogP contribution in [0.4, 0.5) is 0 Å². The van der Waals surface area contributed by atoms with Gasteiger partial charge in [-0.15, -0.1) is 0 Å². The predicted molar refractivity (Wildman–Crippen MR) is 76.7 cm³/mol. The van der Waals surface area contributed by atoms with Gasteiger partial charge in [-0.1, -0.05) is 31.5 Å². The van der Waals surface area contributed by atoms with E-state index in [1.54, 1.807) is 11.3 Å². The molecule has 1 nitrogen and oxygen atoms in total. The van der Waals surface area contributed by atoms with Crippen molar-refractivity contribution in [3.05, 3.63) is 45.6 Å². The molecule has 0 saturated heterocycles. The quantitative estimate of drug-likeness (QED) is 0.854. The van der Waals surface area contributed by atoms with Gasteiger partial charge in [0.2, 0.25) is 0 Å². The summed E-state index contributed by atoms with van der Waals surface area (Å²) >= 11 is 7.92. The Labute approximate surface area is 111 Å². The summed E-state index contributed by atoms with van der Waals surface area (Å²) in [5.74, 6) is 0. The molecule has 17 heavy (non-hydrogen) atoms. The molecule has 0 saturated carbocycles. The van der Waals surface area contributed by atoms with E-state index in [1.165, 1.54) is 11.1 Å². The van der Waals surface area contributed by atoms with Gasteiger partial charge in [0.1, 0.15) is 0 Å². The molecule has 1 aromatic heterocycles. The first-order valence-electron chi connectivity index (χ1n) is 5.71. The second kappa shape index (κ2) is 5.67. The minimum absolute atomic E-state index is 0.468. The van der Waals surface area contributed by atoms with Crippen LogP contribution in [0.15, 0.2) is 35.0 Å². The number of thiophene rings is 1. The van der Waals surface area contributed by atoms with Crippen molar-refractivity contribution in [3.63, 3.8) is 0 Å². The van der Waals surface area contributed by atoms with E-state index in [0.717, 1.165) is 17.1 Å². The van der Waals surface area contributed by atoms with Crippen molar-refractivity contribution >= 4 is 22.9 Å². The van der Waals surface area contributed by atoms with Crippen LogP contribution in [0.2, 0.25) is 5.02 Å². The molecule has 0 radical (unpaired) electrons. The van der Waals surface area contributed by atoms with Gasteiger partial charge in [-0.05, 0) is 45.6 Å². The third-order valence-corrected chi connectivity index (χ3v) is 3.65. The van der Waals surface area contributed by atoms with E-state index in [2.05, 4.69) is 48.1 Å². The van der Waals surface area contributed by atoms with Crippen LogP contribution in [0.25, 0.3) is 11.1 Å². The van der Waals surface area contributed by atoms with Crippen molar-refractivity contribution in [2.75, 3.05) is 0 Å². The maximum Gasteiger partial charge on any atom is 0.0451 e. The normalized spacial score (nSPS) is 11.1. The molecular formula is C14H16ClNS. The zero-order valence-corrected chi connectivity index (χ0v) is 11.6. The molecule has 0 aliphatic heterocycles. The Hall–Kier alpha value is -0.830. The van der Waals surface area contributed by atoms with Crippen LogP contribution in [-0.4, -0.2) is 6.04 Å². The first kappa shape index (κ1) is 12.6. The number of rotatable bonds is 4. The van der Waals surface area contributed by atoms with Gasteiger partial charge in [0.05, 0.1) is 0 Å². The highest BCUT2D eigenvalue weighted by Crippen LogP contribution is 2.26. The third kappa shape index (κ3) is 3.32. The molecule has 90 valence electrons. The Morgan fingerprint density at radius 1 is 1.24 bits per heavy atom. The van der Waals surface area contributed by atoms with Crippen LogP contribution in [-0.2, 0) is 6.54 Å². The molecule has 1 N–H and O–H groups in total. The Balaban J connectivity index is 2.23. The van der Waals surface area contributed by atoms with Gasteiger partial charge in [0, 0.05) is 17.6 Å². The SMILES string of the molecule is CC(C)NCc1cc(-c2ccsc2)ccc1Cl. The van der Waals surface area contributed by atoms with E-state index in [1.807, 2.05) is 6.07 Å². The Morgan fingerprint density at radius 2 is 2.06 bits per heavy atom. The number of halogens is 1. The van der Waals surface area contributed by atoms with E-state index >= 15 is 0 Å². The first-order valence-corrected chi connectivity index (χ1v) is 7.03. The maximum absolute atomic E-state index is 6.20. The topological polar surface area (TPSA) is 12.0 Å². The lowest BCUT2D eigenvalue weighted by Crippen LogP contribution is -2.21. The van der Waals surface area contributed by atoms with Crippen molar-refractivity contribution in [1.29, 1.82) is 0 Å². The van der Waals surface area contributed by atoms with E-state index in [9.17, 15) is 0 Å². The average molecular weight is 266 g/mol. The number of nitrogens with one attached hydrogen (secondary N) is 1. The molecule has 0 spiro atoms. The fourth-order valence-corrected chi connectivity index (χ4v) is 2.48. The smallest absolute Gasteiger partial charge is 0.0451 e.